The molecule has 1 atom stereocenters. The van der Waals surface area contributed by atoms with Gasteiger partial charge in [-0.15, -0.1) is 0 Å². The molecule has 0 saturated heterocycles. The van der Waals surface area contributed by atoms with E-state index in [1.54, 1.807) is 12.1 Å². The number of quaternary nitrogens is 1. The zero-order valence-corrected chi connectivity index (χ0v) is 15.3. The van der Waals surface area contributed by atoms with E-state index in [0.29, 0.717) is 32.0 Å². The molecule has 2 aromatic carbocycles. The molecule has 0 aromatic heterocycles. The molecule has 2 N–H and O–H groups in total. The quantitative estimate of drug-likeness (QED) is 0.682. The Hall–Kier alpha value is -2.60. The normalized spacial score (nSPS) is 11.7. The van der Waals surface area contributed by atoms with E-state index in [1.807, 2.05) is 31.3 Å². The SMILES string of the molecule is CCCOc1ccc(OCC[NH+](C)CC(=O)Nc2ccc(F)cc2)cc1. The predicted molar refractivity (Wildman–Crippen MR) is 99.4 cm³/mol. The van der Waals surface area contributed by atoms with Crippen molar-refractivity contribution in [1.82, 2.24) is 0 Å². The first kappa shape index (κ1) is 19.7. The maximum Gasteiger partial charge on any atom is 0.279 e. The Labute approximate surface area is 153 Å². The minimum Gasteiger partial charge on any atom is -0.494 e. The number of halogens is 1. The monoisotopic (exact) mass is 361 g/mol. The van der Waals surface area contributed by atoms with Gasteiger partial charge in [0.1, 0.15) is 30.5 Å². The van der Waals surface area contributed by atoms with Gasteiger partial charge >= 0.3 is 0 Å². The van der Waals surface area contributed by atoms with Crippen LogP contribution in [0.3, 0.4) is 0 Å². The van der Waals surface area contributed by atoms with E-state index in [-0.39, 0.29) is 11.7 Å². The van der Waals surface area contributed by atoms with E-state index < -0.39 is 0 Å². The van der Waals surface area contributed by atoms with Crippen molar-refractivity contribution in [1.29, 1.82) is 0 Å². The summed E-state index contributed by atoms with van der Waals surface area (Å²) in [4.78, 5) is 13.0. The van der Waals surface area contributed by atoms with Crippen LogP contribution in [-0.4, -0.2) is 39.3 Å². The highest BCUT2D eigenvalue weighted by Gasteiger charge is 2.10. The third-order valence-electron chi connectivity index (χ3n) is 3.68. The van der Waals surface area contributed by atoms with E-state index in [0.717, 1.165) is 22.8 Å². The van der Waals surface area contributed by atoms with Crippen LogP contribution < -0.4 is 19.7 Å². The highest BCUT2D eigenvalue weighted by atomic mass is 19.1. The molecule has 0 radical (unpaired) electrons. The molecule has 1 amide bonds. The molecule has 2 aromatic rings. The average Bonchev–Trinajstić information content (AvgIpc) is 2.63. The molecule has 5 nitrogen and oxygen atoms in total. The number of rotatable bonds is 10. The number of amides is 1. The summed E-state index contributed by atoms with van der Waals surface area (Å²) in [5, 5.41) is 2.75. The van der Waals surface area contributed by atoms with Crippen molar-refractivity contribution < 1.29 is 23.6 Å². The second-order valence-corrected chi connectivity index (χ2v) is 6.11. The second kappa shape index (κ2) is 10.4. The first-order valence-electron chi connectivity index (χ1n) is 8.79. The molecule has 0 spiro atoms. The number of ether oxygens (including phenoxy) is 2. The summed E-state index contributed by atoms with van der Waals surface area (Å²) in [5.41, 5.74) is 0.589. The number of anilines is 1. The summed E-state index contributed by atoms with van der Waals surface area (Å²) >= 11 is 0. The molecule has 2 rings (SSSR count). The minimum absolute atomic E-state index is 0.119. The highest BCUT2D eigenvalue weighted by Crippen LogP contribution is 2.17. The molecule has 0 heterocycles. The van der Waals surface area contributed by atoms with E-state index in [1.165, 1.54) is 12.1 Å². The van der Waals surface area contributed by atoms with Crippen molar-refractivity contribution in [2.75, 3.05) is 38.7 Å². The van der Waals surface area contributed by atoms with Gasteiger partial charge in [0.25, 0.3) is 5.91 Å². The van der Waals surface area contributed by atoms with Gasteiger partial charge in [-0.1, -0.05) is 6.92 Å². The van der Waals surface area contributed by atoms with Crippen molar-refractivity contribution >= 4 is 11.6 Å². The lowest BCUT2D eigenvalue weighted by Gasteiger charge is -2.14. The Morgan fingerprint density at radius 3 is 2.15 bits per heavy atom. The van der Waals surface area contributed by atoms with Gasteiger partial charge < -0.3 is 19.7 Å². The zero-order chi connectivity index (χ0) is 18.8. The van der Waals surface area contributed by atoms with Crippen molar-refractivity contribution in [3.05, 3.63) is 54.3 Å². The molecule has 0 aliphatic heterocycles. The maximum atomic E-state index is 12.9. The predicted octanol–water partition coefficient (Wildman–Crippen LogP) is 2.15. The first-order valence-corrected chi connectivity index (χ1v) is 8.79. The van der Waals surface area contributed by atoms with Crippen molar-refractivity contribution in [2.24, 2.45) is 0 Å². The molecule has 0 aliphatic rings. The Bertz CT molecular complexity index is 674. The average molecular weight is 361 g/mol. The van der Waals surface area contributed by atoms with Gasteiger partial charge in [0.05, 0.1) is 13.7 Å². The lowest BCUT2D eigenvalue weighted by atomic mass is 10.3. The third kappa shape index (κ3) is 7.11. The summed E-state index contributed by atoms with van der Waals surface area (Å²) in [7, 11) is 1.93. The van der Waals surface area contributed by atoms with E-state index in [2.05, 4.69) is 12.2 Å². The molecule has 1 unspecified atom stereocenters. The fourth-order valence-corrected chi connectivity index (χ4v) is 2.30. The van der Waals surface area contributed by atoms with Gasteiger partial charge in [-0.3, -0.25) is 4.79 Å². The van der Waals surface area contributed by atoms with Crippen molar-refractivity contribution in [3.8, 4) is 11.5 Å². The van der Waals surface area contributed by atoms with Crippen LogP contribution in [0.1, 0.15) is 13.3 Å². The number of likely N-dealkylation sites (N-methyl/N-ethyl adjacent to an activating group) is 1. The van der Waals surface area contributed by atoms with Gasteiger partial charge in [-0.05, 0) is 55.0 Å². The van der Waals surface area contributed by atoms with Crippen molar-refractivity contribution in [3.63, 3.8) is 0 Å². The summed E-state index contributed by atoms with van der Waals surface area (Å²) in [5.74, 6) is 1.16. The van der Waals surface area contributed by atoms with Crippen LogP contribution >= 0.6 is 0 Å². The number of benzene rings is 2. The second-order valence-electron chi connectivity index (χ2n) is 6.11. The highest BCUT2D eigenvalue weighted by molar-refractivity contribution is 5.91. The first-order chi connectivity index (χ1) is 12.6. The fourth-order valence-electron chi connectivity index (χ4n) is 2.30. The van der Waals surface area contributed by atoms with Gasteiger partial charge in [-0.25, -0.2) is 4.39 Å². The van der Waals surface area contributed by atoms with Crippen LogP contribution in [0, 0.1) is 5.82 Å². The molecule has 0 fully saturated rings. The Balaban J connectivity index is 1.67. The lowest BCUT2D eigenvalue weighted by molar-refractivity contribution is -0.871. The molecule has 140 valence electrons. The largest absolute Gasteiger partial charge is 0.494 e. The van der Waals surface area contributed by atoms with Gasteiger partial charge in [0, 0.05) is 5.69 Å². The smallest absolute Gasteiger partial charge is 0.279 e. The number of nitrogens with one attached hydrogen (secondary N) is 2. The number of carbonyl (C=O) groups is 1. The van der Waals surface area contributed by atoms with Crippen LogP contribution in [0.4, 0.5) is 10.1 Å². The maximum absolute atomic E-state index is 12.9. The third-order valence-corrected chi connectivity index (χ3v) is 3.68. The van der Waals surface area contributed by atoms with Crippen LogP contribution in [0.15, 0.2) is 48.5 Å². The van der Waals surface area contributed by atoms with Crippen LogP contribution in [0.25, 0.3) is 0 Å². The van der Waals surface area contributed by atoms with Gasteiger partial charge in [0.15, 0.2) is 6.54 Å². The summed E-state index contributed by atoms with van der Waals surface area (Å²) < 4.78 is 24.1. The van der Waals surface area contributed by atoms with Crippen LogP contribution in [0.5, 0.6) is 11.5 Å². The minimum atomic E-state index is -0.326. The molecule has 0 bridgehead atoms. The molecular formula is C20H26FN2O3+. The number of hydrogen-bond donors (Lipinski definition) is 2. The fraction of sp³-hybridized carbons (Fsp3) is 0.350. The summed E-state index contributed by atoms with van der Waals surface area (Å²) in [6, 6.07) is 13.2. The molecule has 0 aliphatic carbocycles. The van der Waals surface area contributed by atoms with E-state index >= 15 is 0 Å². The van der Waals surface area contributed by atoms with E-state index in [4.69, 9.17) is 9.47 Å². The molecule has 6 heteroatoms. The molecule has 0 saturated carbocycles. The standard InChI is InChI=1S/C20H25FN2O3/c1-3-13-25-18-8-10-19(11-9-18)26-14-12-23(2)15-20(24)22-17-6-4-16(21)5-7-17/h4-11H,3,12-15H2,1-2H3,(H,22,24)/p+1. The summed E-state index contributed by atoms with van der Waals surface area (Å²) in [6.45, 7) is 4.27. The number of carbonyl (C=O) groups excluding carboxylic acids is 1. The van der Waals surface area contributed by atoms with Crippen molar-refractivity contribution in [2.45, 2.75) is 13.3 Å². The Kier molecular flexibility index (Phi) is 7.89. The van der Waals surface area contributed by atoms with Crippen LogP contribution in [0.2, 0.25) is 0 Å². The molecular weight excluding hydrogens is 335 g/mol. The molecule has 26 heavy (non-hydrogen) atoms. The summed E-state index contributed by atoms with van der Waals surface area (Å²) in [6.07, 6.45) is 0.974. The number of hydrogen-bond acceptors (Lipinski definition) is 3. The zero-order valence-electron chi connectivity index (χ0n) is 15.3. The Morgan fingerprint density at radius 1 is 1.00 bits per heavy atom. The van der Waals surface area contributed by atoms with Gasteiger partial charge in [0.2, 0.25) is 0 Å². The van der Waals surface area contributed by atoms with E-state index in [9.17, 15) is 9.18 Å². The van der Waals surface area contributed by atoms with Crippen LogP contribution in [-0.2, 0) is 4.79 Å². The lowest BCUT2D eigenvalue weighted by Crippen LogP contribution is -3.10. The Morgan fingerprint density at radius 2 is 1.58 bits per heavy atom. The van der Waals surface area contributed by atoms with Gasteiger partial charge in [-0.2, -0.15) is 0 Å². The topological polar surface area (TPSA) is 52.0 Å².